The molecule has 0 heterocycles. The summed E-state index contributed by atoms with van der Waals surface area (Å²) in [5, 5.41) is 14.2. The standard InChI is InChI=1S/C21H23N3/c1-15(2)24(21(22)23-19-13-7-4-9-16(19)3)20-14-8-11-17-10-5-6-12-18(17)20/h4-15H,1-3H3,(H2,22,23). The molecular weight excluding hydrogens is 294 g/mol. The van der Waals surface area contributed by atoms with E-state index in [9.17, 15) is 0 Å². The average Bonchev–Trinajstić information content (AvgIpc) is 2.57. The lowest BCUT2D eigenvalue weighted by Gasteiger charge is -2.31. The number of hydrogen-bond donors (Lipinski definition) is 2. The summed E-state index contributed by atoms with van der Waals surface area (Å²) in [6.45, 7) is 6.26. The monoisotopic (exact) mass is 317 g/mol. The maximum atomic E-state index is 8.64. The van der Waals surface area contributed by atoms with Crippen LogP contribution in [0, 0.1) is 12.3 Å². The van der Waals surface area contributed by atoms with Crippen molar-refractivity contribution in [1.82, 2.24) is 0 Å². The number of anilines is 2. The van der Waals surface area contributed by atoms with Crippen LogP contribution in [-0.4, -0.2) is 12.0 Å². The third-order valence-corrected chi connectivity index (χ3v) is 4.18. The number of guanidine groups is 1. The van der Waals surface area contributed by atoms with Gasteiger partial charge in [0, 0.05) is 17.1 Å². The van der Waals surface area contributed by atoms with Crippen LogP contribution in [-0.2, 0) is 0 Å². The van der Waals surface area contributed by atoms with E-state index in [2.05, 4.69) is 43.4 Å². The van der Waals surface area contributed by atoms with Crippen molar-refractivity contribution in [3.8, 4) is 0 Å². The van der Waals surface area contributed by atoms with Gasteiger partial charge in [0.1, 0.15) is 0 Å². The predicted molar refractivity (Wildman–Crippen MR) is 104 cm³/mol. The van der Waals surface area contributed by atoms with E-state index < -0.39 is 0 Å². The highest BCUT2D eigenvalue weighted by atomic mass is 15.3. The lowest BCUT2D eigenvalue weighted by molar-refractivity contribution is 0.804. The summed E-state index contributed by atoms with van der Waals surface area (Å²) in [6.07, 6.45) is 0. The molecule has 0 aliphatic rings. The van der Waals surface area contributed by atoms with Crippen LogP contribution in [0.1, 0.15) is 19.4 Å². The summed E-state index contributed by atoms with van der Waals surface area (Å²) in [5.74, 6) is 0.385. The van der Waals surface area contributed by atoms with Gasteiger partial charge in [-0.15, -0.1) is 0 Å². The van der Waals surface area contributed by atoms with Crippen LogP contribution in [0.25, 0.3) is 10.8 Å². The Morgan fingerprint density at radius 2 is 1.58 bits per heavy atom. The highest BCUT2D eigenvalue weighted by Crippen LogP contribution is 2.28. The molecule has 0 fully saturated rings. The minimum atomic E-state index is 0.167. The molecule has 3 aromatic rings. The Labute approximate surface area is 143 Å². The summed E-state index contributed by atoms with van der Waals surface area (Å²) >= 11 is 0. The molecule has 3 heteroatoms. The second-order valence-corrected chi connectivity index (χ2v) is 6.25. The number of nitrogens with one attached hydrogen (secondary N) is 2. The molecule has 3 rings (SSSR count). The smallest absolute Gasteiger partial charge is 0.200 e. The molecule has 0 spiro atoms. The van der Waals surface area contributed by atoms with Crippen LogP contribution in [0.5, 0.6) is 0 Å². The Morgan fingerprint density at radius 1 is 0.917 bits per heavy atom. The van der Waals surface area contributed by atoms with Gasteiger partial charge in [0.15, 0.2) is 5.96 Å². The van der Waals surface area contributed by atoms with E-state index in [-0.39, 0.29) is 6.04 Å². The average molecular weight is 317 g/mol. The van der Waals surface area contributed by atoms with Crippen LogP contribution in [0.2, 0.25) is 0 Å². The van der Waals surface area contributed by atoms with Crippen molar-refractivity contribution < 1.29 is 0 Å². The highest BCUT2D eigenvalue weighted by molar-refractivity contribution is 6.09. The largest absolute Gasteiger partial charge is 0.326 e. The zero-order chi connectivity index (χ0) is 17.1. The van der Waals surface area contributed by atoms with E-state index in [1.165, 1.54) is 5.39 Å². The second-order valence-electron chi connectivity index (χ2n) is 6.25. The van der Waals surface area contributed by atoms with E-state index in [1.54, 1.807) is 0 Å². The van der Waals surface area contributed by atoms with Crippen LogP contribution in [0.3, 0.4) is 0 Å². The molecule has 0 radical (unpaired) electrons. The Morgan fingerprint density at radius 3 is 2.33 bits per heavy atom. The first-order chi connectivity index (χ1) is 11.6. The first-order valence-electron chi connectivity index (χ1n) is 8.26. The Bertz CT molecular complexity index is 862. The van der Waals surface area contributed by atoms with Crippen molar-refractivity contribution in [3.63, 3.8) is 0 Å². The molecule has 0 amide bonds. The van der Waals surface area contributed by atoms with Gasteiger partial charge in [-0.25, -0.2) is 0 Å². The first-order valence-corrected chi connectivity index (χ1v) is 8.26. The van der Waals surface area contributed by atoms with Gasteiger partial charge in [-0.2, -0.15) is 0 Å². The molecule has 0 saturated carbocycles. The van der Waals surface area contributed by atoms with Crippen LogP contribution >= 0.6 is 0 Å². The van der Waals surface area contributed by atoms with Crippen molar-refractivity contribution in [1.29, 1.82) is 5.41 Å². The molecule has 0 aliphatic carbocycles. The topological polar surface area (TPSA) is 39.1 Å². The van der Waals surface area contributed by atoms with Gasteiger partial charge in [0.25, 0.3) is 0 Å². The highest BCUT2D eigenvalue weighted by Gasteiger charge is 2.18. The molecule has 0 aromatic heterocycles. The maximum absolute atomic E-state index is 8.64. The van der Waals surface area contributed by atoms with Gasteiger partial charge in [-0.3, -0.25) is 5.41 Å². The summed E-state index contributed by atoms with van der Waals surface area (Å²) in [5.41, 5.74) is 3.14. The second kappa shape index (κ2) is 6.75. The van der Waals surface area contributed by atoms with Crippen molar-refractivity contribution in [2.24, 2.45) is 0 Å². The summed E-state index contributed by atoms with van der Waals surface area (Å²) in [4.78, 5) is 2.04. The molecule has 0 unspecified atom stereocenters. The third kappa shape index (κ3) is 3.11. The number of benzene rings is 3. The number of hydrogen-bond acceptors (Lipinski definition) is 1. The lowest BCUT2D eigenvalue weighted by atomic mass is 10.1. The van der Waals surface area contributed by atoms with Crippen LogP contribution in [0.15, 0.2) is 66.7 Å². The predicted octanol–water partition coefficient (Wildman–Crippen LogP) is 5.41. The van der Waals surface area contributed by atoms with Crippen molar-refractivity contribution in [2.45, 2.75) is 26.8 Å². The van der Waals surface area contributed by atoms with E-state index in [4.69, 9.17) is 5.41 Å². The van der Waals surface area contributed by atoms with Crippen LogP contribution in [0.4, 0.5) is 11.4 Å². The number of nitrogens with zero attached hydrogens (tertiary/aromatic N) is 1. The minimum Gasteiger partial charge on any atom is -0.326 e. The Balaban J connectivity index is 2.00. The van der Waals surface area contributed by atoms with E-state index >= 15 is 0 Å². The molecule has 0 saturated heterocycles. The van der Waals surface area contributed by atoms with Gasteiger partial charge in [0.05, 0.1) is 5.69 Å². The molecule has 0 bridgehead atoms. The zero-order valence-corrected chi connectivity index (χ0v) is 14.4. The maximum Gasteiger partial charge on any atom is 0.200 e. The van der Waals surface area contributed by atoms with Gasteiger partial charge in [0.2, 0.25) is 0 Å². The molecular formula is C21H23N3. The van der Waals surface area contributed by atoms with E-state index in [0.717, 1.165) is 22.3 Å². The minimum absolute atomic E-state index is 0.167. The third-order valence-electron chi connectivity index (χ3n) is 4.18. The number of para-hydroxylation sites is 1. The van der Waals surface area contributed by atoms with E-state index in [0.29, 0.717) is 5.96 Å². The molecule has 24 heavy (non-hydrogen) atoms. The molecule has 0 atom stereocenters. The number of fused-ring (bicyclic) bond motifs is 1. The number of aryl methyl sites for hydroxylation is 1. The van der Waals surface area contributed by atoms with Gasteiger partial charge >= 0.3 is 0 Å². The molecule has 3 aromatic carbocycles. The van der Waals surface area contributed by atoms with Gasteiger partial charge < -0.3 is 10.2 Å². The molecule has 122 valence electrons. The van der Waals surface area contributed by atoms with Crippen molar-refractivity contribution in [3.05, 3.63) is 72.3 Å². The van der Waals surface area contributed by atoms with Gasteiger partial charge in [-0.1, -0.05) is 54.6 Å². The fourth-order valence-corrected chi connectivity index (χ4v) is 2.98. The molecule has 3 nitrogen and oxygen atoms in total. The quantitative estimate of drug-likeness (QED) is 0.501. The molecule has 0 aliphatic heterocycles. The first kappa shape index (κ1) is 16.1. The normalized spacial score (nSPS) is 10.8. The fraction of sp³-hybridized carbons (Fsp3) is 0.190. The van der Waals surface area contributed by atoms with Crippen LogP contribution < -0.4 is 10.2 Å². The Kier molecular flexibility index (Phi) is 4.52. The zero-order valence-electron chi connectivity index (χ0n) is 14.4. The SMILES string of the molecule is Cc1ccccc1NC(=N)N(c1cccc2ccccc12)C(C)C. The lowest BCUT2D eigenvalue weighted by Crippen LogP contribution is -2.41. The Hall–Kier alpha value is -2.81. The molecule has 2 N–H and O–H groups in total. The summed E-state index contributed by atoms with van der Waals surface area (Å²) < 4.78 is 0. The van der Waals surface area contributed by atoms with Crippen molar-refractivity contribution in [2.75, 3.05) is 10.2 Å². The van der Waals surface area contributed by atoms with Gasteiger partial charge in [-0.05, 0) is 43.9 Å². The van der Waals surface area contributed by atoms with Crippen molar-refractivity contribution >= 4 is 28.1 Å². The number of rotatable bonds is 3. The van der Waals surface area contributed by atoms with E-state index in [1.807, 2.05) is 54.3 Å². The summed E-state index contributed by atoms with van der Waals surface area (Å²) in [7, 11) is 0. The summed E-state index contributed by atoms with van der Waals surface area (Å²) in [6, 6.07) is 22.8. The fourth-order valence-electron chi connectivity index (χ4n) is 2.98.